The van der Waals surface area contributed by atoms with Gasteiger partial charge in [0, 0.05) is 0 Å². The number of fused-ring (bicyclic) bond motifs is 6. The van der Waals surface area contributed by atoms with E-state index in [1.807, 2.05) is 18.2 Å². The molecule has 4 aliphatic rings. The number of likely N-dealkylation sites (tertiary alicyclic amines) is 1. The van der Waals surface area contributed by atoms with Crippen molar-refractivity contribution in [3.8, 4) is 11.5 Å². The molecule has 4 unspecified atom stereocenters. The molecule has 0 radical (unpaired) electrons. The van der Waals surface area contributed by atoms with Gasteiger partial charge in [0.1, 0.15) is 0 Å². The number of carbonyl (C=O) groups is 2. The van der Waals surface area contributed by atoms with E-state index < -0.39 is 0 Å². The second kappa shape index (κ2) is 4.12. The lowest BCUT2D eigenvalue weighted by Crippen LogP contribution is -2.32. The van der Waals surface area contributed by atoms with E-state index in [0.29, 0.717) is 18.0 Å². The highest BCUT2D eigenvalue weighted by Crippen LogP contribution is 2.52. The number of allylic oxidation sites excluding steroid dienone is 2. The highest BCUT2D eigenvalue weighted by atomic mass is 16.7. The maximum Gasteiger partial charge on any atom is 0.234 e. The first kappa shape index (κ1) is 12.3. The van der Waals surface area contributed by atoms with Crippen LogP contribution in [0.5, 0.6) is 11.5 Å². The van der Waals surface area contributed by atoms with Crippen LogP contribution >= 0.6 is 0 Å². The minimum Gasteiger partial charge on any atom is -0.454 e. The van der Waals surface area contributed by atoms with Gasteiger partial charge in [-0.25, -0.2) is 0 Å². The molecule has 4 atom stereocenters. The van der Waals surface area contributed by atoms with E-state index >= 15 is 0 Å². The molecule has 1 aromatic rings. The van der Waals surface area contributed by atoms with Crippen LogP contribution in [0.25, 0.3) is 0 Å². The van der Waals surface area contributed by atoms with Gasteiger partial charge in [0.25, 0.3) is 0 Å². The third-order valence-corrected chi connectivity index (χ3v) is 5.34. The van der Waals surface area contributed by atoms with Crippen molar-refractivity contribution in [2.45, 2.75) is 13.0 Å². The van der Waals surface area contributed by atoms with Gasteiger partial charge in [-0.3, -0.25) is 14.5 Å². The first-order chi connectivity index (χ1) is 10.7. The topological polar surface area (TPSA) is 55.8 Å². The van der Waals surface area contributed by atoms with Gasteiger partial charge in [0.15, 0.2) is 11.5 Å². The first-order valence-corrected chi connectivity index (χ1v) is 7.64. The van der Waals surface area contributed by atoms with E-state index in [1.54, 1.807) is 0 Å². The molecular formula is C17H15NO4. The summed E-state index contributed by atoms with van der Waals surface area (Å²) in [7, 11) is 0. The Balaban J connectivity index is 1.43. The number of nitrogens with zero attached hydrogens (tertiary/aromatic N) is 1. The molecule has 1 aromatic carbocycles. The van der Waals surface area contributed by atoms with E-state index in [-0.39, 0.29) is 42.3 Å². The van der Waals surface area contributed by atoms with Crippen LogP contribution in [0.3, 0.4) is 0 Å². The van der Waals surface area contributed by atoms with Crippen LogP contribution in [0.2, 0.25) is 0 Å². The number of imide groups is 1. The Bertz CT molecular complexity index is 695. The molecule has 0 N–H and O–H groups in total. The molecule has 2 heterocycles. The largest absolute Gasteiger partial charge is 0.454 e. The summed E-state index contributed by atoms with van der Waals surface area (Å²) in [5.41, 5.74) is 0.895. The molecule has 0 spiro atoms. The fourth-order valence-corrected chi connectivity index (χ4v) is 4.34. The maximum absolute atomic E-state index is 12.6. The quantitative estimate of drug-likeness (QED) is 0.616. The van der Waals surface area contributed by atoms with Gasteiger partial charge in [-0.05, 0) is 36.0 Å². The van der Waals surface area contributed by atoms with Gasteiger partial charge < -0.3 is 9.47 Å². The predicted molar refractivity (Wildman–Crippen MR) is 75.8 cm³/mol. The Morgan fingerprint density at radius 3 is 2.41 bits per heavy atom. The Morgan fingerprint density at radius 1 is 1.00 bits per heavy atom. The first-order valence-electron chi connectivity index (χ1n) is 7.64. The van der Waals surface area contributed by atoms with Crippen molar-refractivity contribution in [1.29, 1.82) is 0 Å². The van der Waals surface area contributed by atoms with Gasteiger partial charge in [-0.1, -0.05) is 18.2 Å². The average Bonchev–Trinajstić information content (AvgIpc) is 3.27. The number of carbonyl (C=O) groups excluding carboxylic acids is 2. The number of rotatable bonds is 2. The third-order valence-electron chi connectivity index (χ3n) is 5.34. The molecular weight excluding hydrogens is 282 g/mol. The normalized spacial score (nSPS) is 33.9. The monoisotopic (exact) mass is 297 g/mol. The fourth-order valence-electron chi connectivity index (χ4n) is 4.34. The zero-order valence-corrected chi connectivity index (χ0v) is 11.9. The van der Waals surface area contributed by atoms with E-state index in [9.17, 15) is 9.59 Å². The van der Waals surface area contributed by atoms with Gasteiger partial charge in [-0.2, -0.15) is 0 Å². The van der Waals surface area contributed by atoms with Crippen LogP contribution in [0, 0.1) is 23.7 Å². The van der Waals surface area contributed by atoms with Gasteiger partial charge in [0.2, 0.25) is 18.6 Å². The lowest BCUT2D eigenvalue weighted by molar-refractivity contribution is -0.141. The van der Waals surface area contributed by atoms with Crippen LogP contribution in [-0.2, 0) is 16.1 Å². The van der Waals surface area contributed by atoms with Crippen molar-refractivity contribution >= 4 is 11.8 Å². The van der Waals surface area contributed by atoms with Crippen molar-refractivity contribution in [2.75, 3.05) is 6.79 Å². The van der Waals surface area contributed by atoms with Crippen molar-refractivity contribution < 1.29 is 19.1 Å². The Morgan fingerprint density at radius 2 is 1.68 bits per heavy atom. The standard InChI is InChI=1S/C17H15NO4/c19-16-14-10-2-3-11(6-10)15(14)17(20)18(16)7-9-1-4-12-13(5-9)22-8-21-12/h1-5,10-11,14-15H,6-8H2. The molecule has 2 amide bonds. The molecule has 5 rings (SSSR count). The molecule has 2 aliphatic heterocycles. The number of ether oxygens (including phenoxy) is 2. The Kier molecular flexibility index (Phi) is 2.30. The summed E-state index contributed by atoms with van der Waals surface area (Å²) in [6, 6.07) is 5.56. The van der Waals surface area contributed by atoms with E-state index in [4.69, 9.17) is 9.47 Å². The van der Waals surface area contributed by atoms with Crippen molar-refractivity contribution in [2.24, 2.45) is 23.7 Å². The van der Waals surface area contributed by atoms with Crippen LogP contribution in [0.1, 0.15) is 12.0 Å². The molecule has 112 valence electrons. The Hall–Kier alpha value is -2.30. The maximum atomic E-state index is 12.6. The fraction of sp³-hybridized carbons (Fsp3) is 0.412. The number of hydrogen-bond acceptors (Lipinski definition) is 4. The van der Waals surface area contributed by atoms with Crippen molar-refractivity contribution in [1.82, 2.24) is 4.90 Å². The summed E-state index contributed by atoms with van der Waals surface area (Å²) >= 11 is 0. The van der Waals surface area contributed by atoms with E-state index in [1.165, 1.54) is 4.90 Å². The zero-order valence-electron chi connectivity index (χ0n) is 11.9. The highest BCUT2D eigenvalue weighted by molar-refractivity contribution is 6.06. The summed E-state index contributed by atoms with van der Waals surface area (Å²) in [5, 5.41) is 0. The van der Waals surface area contributed by atoms with Crippen LogP contribution in [0.4, 0.5) is 0 Å². The highest BCUT2D eigenvalue weighted by Gasteiger charge is 2.59. The van der Waals surface area contributed by atoms with Crippen LogP contribution < -0.4 is 9.47 Å². The van der Waals surface area contributed by atoms with Gasteiger partial charge >= 0.3 is 0 Å². The molecule has 2 bridgehead atoms. The lowest BCUT2D eigenvalue weighted by atomic mass is 9.85. The lowest BCUT2D eigenvalue weighted by Gasteiger charge is -2.17. The predicted octanol–water partition coefficient (Wildman–Crippen LogP) is 1.72. The minimum atomic E-state index is -0.128. The molecule has 5 heteroatoms. The van der Waals surface area contributed by atoms with Gasteiger partial charge in [-0.15, -0.1) is 0 Å². The Labute approximate surface area is 127 Å². The summed E-state index contributed by atoms with van der Waals surface area (Å²) < 4.78 is 10.6. The third kappa shape index (κ3) is 1.48. The van der Waals surface area contributed by atoms with E-state index in [2.05, 4.69) is 12.2 Å². The second-order valence-corrected chi connectivity index (χ2v) is 6.45. The number of hydrogen-bond donors (Lipinski definition) is 0. The molecule has 5 nitrogen and oxygen atoms in total. The van der Waals surface area contributed by atoms with Crippen molar-refractivity contribution in [3.05, 3.63) is 35.9 Å². The average molecular weight is 297 g/mol. The van der Waals surface area contributed by atoms with E-state index in [0.717, 1.165) is 12.0 Å². The summed E-state index contributed by atoms with van der Waals surface area (Å²) in [6.45, 7) is 0.542. The number of amides is 2. The molecule has 2 fully saturated rings. The summed E-state index contributed by atoms with van der Waals surface area (Å²) in [6.07, 6.45) is 5.19. The summed E-state index contributed by atoms with van der Waals surface area (Å²) in [4.78, 5) is 26.7. The number of benzene rings is 1. The smallest absolute Gasteiger partial charge is 0.234 e. The molecule has 1 saturated carbocycles. The van der Waals surface area contributed by atoms with Crippen LogP contribution in [-0.4, -0.2) is 23.5 Å². The van der Waals surface area contributed by atoms with Gasteiger partial charge in [0.05, 0.1) is 18.4 Å². The van der Waals surface area contributed by atoms with Crippen LogP contribution in [0.15, 0.2) is 30.4 Å². The molecule has 0 aromatic heterocycles. The SMILES string of the molecule is O=C1C2C3C=CC(C3)C2C(=O)N1Cc1ccc2c(c1)OCO2. The zero-order chi connectivity index (χ0) is 14.8. The minimum absolute atomic E-state index is 0.00971. The summed E-state index contributed by atoms with van der Waals surface area (Å²) in [5.74, 6) is 1.63. The second-order valence-electron chi connectivity index (χ2n) is 6.45. The molecule has 22 heavy (non-hydrogen) atoms. The van der Waals surface area contributed by atoms with Crippen molar-refractivity contribution in [3.63, 3.8) is 0 Å². The molecule has 1 saturated heterocycles. The molecule has 2 aliphatic carbocycles.